The maximum Gasteiger partial charge on any atom is 0.248 e. The lowest BCUT2D eigenvalue weighted by Gasteiger charge is -2.18. The molecule has 0 saturated heterocycles. The van der Waals surface area contributed by atoms with Crippen LogP contribution in [0.2, 0.25) is 5.02 Å². The SMILES string of the molecule is CC(=O)N(c1nc(/C=C/C(=O)Nc2ccc(Cl)cc2)cs1)c1ccccc1F. The summed E-state index contributed by atoms with van der Waals surface area (Å²) in [5.41, 5.74) is 1.22. The topological polar surface area (TPSA) is 62.3 Å². The van der Waals surface area contributed by atoms with E-state index in [0.29, 0.717) is 21.5 Å². The molecule has 28 heavy (non-hydrogen) atoms. The minimum Gasteiger partial charge on any atom is -0.323 e. The predicted molar refractivity (Wildman–Crippen MR) is 110 cm³/mol. The highest BCUT2D eigenvalue weighted by Gasteiger charge is 2.20. The van der Waals surface area contributed by atoms with E-state index in [-0.39, 0.29) is 17.5 Å². The Morgan fingerprint density at radius 3 is 2.57 bits per heavy atom. The Hall–Kier alpha value is -3.03. The van der Waals surface area contributed by atoms with E-state index < -0.39 is 5.82 Å². The summed E-state index contributed by atoms with van der Waals surface area (Å²) >= 11 is 6.98. The van der Waals surface area contributed by atoms with Crippen LogP contribution >= 0.6 is 22.9 Å². The number of hydrogen-bond acceptors (Lipinski definition) is 4. The molecule has 5 nitrogen and oxygen atoms in total. The molecule has 0 radical (unpaired) electrons. The normalized spacial score (nSPS) is 10.8. The second kappa shape index (κ2) is 8.77. The molecule has 0 spiro atoms. The van der Waals surface area contributed by atoms with Crippen molar-refractivity contribution < 1.29 is 14.0 Å². The molecular formula is C20H15ClFN3O2S. The third kappa shape index (κ3) is 4.82. The largest absolute Gasteiger partial charge is 0.323 e. The van der Waals surface area contributed by atoms with Gasteiger partial charge in [0.1, 0.15) is 5.82 Å². The van der Waals surface area contributed by atoms with Crippen molar-refractivity contribution >= 4 is 57.3 Å². The first kappa shape index (κ1) is 19.7. The molecule has 1 heterocycles. The van der Waals surface area contributed by atoms with Gasteiger partial charge in [-0.2, -0.15) is 0 Å². The summed E-state index contributed by atoms with van der Waals surface area (Å²) in [5, 5.41) is 5.27. The number of halogens is 2. The number of aromatic nitrogens is 1. The van der Waals surface area contributed by atoms with Crippen molar-refractivity contribution in [1.29, 1.82) is 0 Å². The van der Waals surface area contributed by atoms with E-state index in [9.17, 15) is 14.0 Å². The van der Waals surface area contributed by atoms with Gasteiger partial charge in [-0.05, 0) is 42.5 Å². The number of para-hydroxylation sites is 1. The Balaban J connectivity index is 1.74. The van der Waals surface area contributed by atoms with Crippen molar-refractivity contribution in [1.82, 2.24) is 4.98 Å². The maximum atomic E-state index is 14.1. The smallest absolute Gasteiger partial charge is 0.248 e. The van der Waals surface area contributed by atoms with E-state index in [1.165, 1.54) is 47.4 Å². The van der Waals surface area contributed by atoms with E-state index in [1.54, 1.807) is 41.8 Å². The van der Waals surface area contributed by atoms with Gasteiger partial charge in [-0.15, -0.1) is 11.3 Å². The van der Waals surface area contributed by atoms with Gasteiger partial charge in [0.25, 0.3) is 0 Å². The Morgan fingerprint density at radius 1 is 1.18 bits per heavy atom. The number of benzene rings is 2. The highest BCUT2D eigenvalue weighted by molar-refractivity contribution is 7.14. The van der Waals surface area contributed by atoms with Gasteiger partial charge >= 0.3 is 0 Å². The third-order valence-electron chi connectivity index (χ3n) is 3.63. The van der Waals surface area contributed by atoms with Crippen LogP contribution in [0.4, 0.5) is 20.9 Å². The zero-order chi connectivity index (χ0) is 20.1. The van der Waals surface area contributed by atoms with Gasteiger partial charge in [0.05, 0.1) is 11.4 Å². The van der Waals surface area contributed by atoms with Gasteiger partial charge in [0.2, 0.25) is 11.8 Å². The number of hydrogen-bond donors (Lipinski definition) is 1. The minimum absolute atomic E-state index is 0.125. The lowest BCUT2D eigenvalue weighted by atomic mass is 10.3. The molecule has 8 heteroatoms. The predicted octanol–water partition coefficient (Wildman–Crippen LogP) is 5.27. The fourth-order valence-electron chi connectivity index (χ4n) is 2.37. The number of carbonyl (C=O) groups is 2. The van der Waals surface area contributed by atoms with Gasteiger partial charge in [0, 0.05) is 29.1 Å². The number of rotatable bonds is 5. The highest BCUT2D eigenvalue weighted by Crippen LogP contribution is 2.31. The summed E-state index contributed by atoms with van der Waals surface area (Å²) in [6.07, 6.45) is 2.85. The summed E-state index contributed by atoms with van der Waals surface area (Å²) < 4.78 is 14.1. The van der Waals surface area contributed by atoms with Crippen LogP contribution in [0.1, 0.15) is 12.6 Å². The van der Waals surface area contributed by atoms with Crippen molar-refractivity contribution in [3.63, 3.8) is 0 Å². The van der Waals surface area contributed by atoms with Crippen molar-refractivity contribution in [3.05, 3.63) is 76.5 Å². The Kier molecular flexibility index (Phi) is 6.18. The van der Waals surface area contributed by atoms with Crippen molar-refractivity contribution in [2.75, 3.05) is 10.2 Å². The number of carbonyl (C=O) groups excluding carboxylic acids is 2. The van der Waals surface area contributed by atoms with Crippen LogP contribution in [0, 0.1) is 5.82 Å². The van der Waals surface area contributed by atoms with E-state index in [1.807, 2.05) is 0 Å². The quantitative estimate of drug-likeness (QED) is 0.577. The lowest BCUT2D eigenvalue weighted by Crippen LogP contribution is -2.23. The molecule has 0 unspecified atom stereocenters. The summed E-state index contributed by atoms with van der Waals surface area (Å²) in [6.45, 7) is 1.34. The fraction of sp³-hybridized carbons (Fsp3) is 0.0500. The molecular weight excluding hydrogens is 401 g/mol. The highest BCUT2D eigenvalue weighted by atomic mass is 35.5. The number of thiazole rings is 1. The van der Waals surface area contributed by atoms with Crippen molar-refractivity contribution in [3.8, 4) is 0 Å². The molecule has 0 atom stereocenters. The second-order valence-electron chi connectivity index (χ2n) is 5.69. The fourth-order valence-corrected chi connectivity index (χ4v) is 3.35. The molecule has 142 valence electrons. The monoisotopic (exact) mass is 415 g/mol. The molecule has 0 saturated carbocycles. The second-order valence-corrected chi connectivity index (χ2v) is 6.96. The van der Waals surface area contributed by atoms with E-state index in [0.717, 1.165) is 0 Å². The maximum absolute atomic E-state index is 14.1. The molecule has 2 aromatic carbocycles. The van der Waals surface area contributed by atoms with Crippen molar-refractivity contribution in [2.45, 2.75) is 6.92 Å². The molecule has 1 aromatic heterocycles. The van der Waals surface area contributed by atoms with Gasteiger partial charge < -0.3 is 5.32 Å². The lowest BCUT2D eigenvalue weighted by molar-refractivity contribution is -0.116. The Labute approximate surface area is 170 Å². The third-order valence-corrected chi connectivity index (χ3v) is 4.72. The molecule has 0 fully saturated rings. The molecule has 1 N–H and O–H groups in total. The first-order chi connectivity index (χ1) is 13.4. The average molecular weight is 416 g/mol. The summed E-state index contributed by atoms with van der Waals surface area (Å²) in [6, 6.07) is 12.7. The van der Waals surface area contributed by atoms with Crippen LogP contribution in [0.3, 0.4) is 0 Å². The van der Waals surface area contributed by atoms with Crippen LogP contribution in [0.5, 0.6) is 0 Å². The molecule has 3 aromatic rings. The van der Waals surface area contributed by atoms with Crippen LogP contribution in [-0.2, 0) is 9.59 Å². The minimum atomic E-state index is -0.521. The summed E-state index contributed by atoms with van der Waals surface area (Å²) in [5.74, 6) is -1.22. The zero-order valence-electron chi connectivity index (χ0n) is 14.7. The number of nitrogens with one attached hydrogen (secondary N) is 1. The first-order valence-corrected chi connectivity index (χ1v) is 9.45. The first-order valence-electron chi connectivity index (χ1n) is 8.19. The zero-order valence-corrected chi connectivity index (χ0v) is 16.3. The molecule has 3 rings (SSSR count). The van der Waals surface area contributed by atoms with E-state index in [4.69, 9.17) is 11.6 Å². The summed E-state index contributed by atoms with van der Waals surface area (Å²) in [4.78, 5) is 29.6. The standard InChI is InChI=1S/C20H15ClFN3O2S/c1-13(26)25(18-5-3-2-4-17(18)22)20-24-16(12-28-20)10-11-19(27)23-15-8-6-14(21)7-9-15/h2-12H,1H3,(H,23,27)/b11-10+. The Morgan fingerprint density at radius 2 is 1.89 bits per heavy atom. The van der Waals surface area contributed by atoms with Gasteiger partial charge in [0.15, 0.2) is 5.13 Å². The van der Waals surface area contributed by atoms with Gasteiger partial charge in [-0.3, -0.25) is 14.5 Å². The van der Waals surface area contributed by atoms with Gasteiger partial charge in [-0.1, -0.05) is 23.7 Å². The summed E-state index contributed by atoms with van der Waals surface area (Å²) in [7, 11) is 0. The van der Waals surface area contributed by atoms with Gasteiger partial charge in [-0.25, -0.2) is 9.37 Å². The number of anilines is 3. The van der Waals surface area contributed by atoms with Crippen LogP contribution < -0.4 is 10.2 Å². The number of amides is 2. The van der Waals surface area contributed by atoms with Crippen LogP contribution in [0.15, 0.2) is 60.0 Å². The molecule has 0 aliphatic rings. The van der Waals surface area contributed by atoms with Crippen molar-refractivity contribution in [2.24, 2.45) is 0 Å². The van der Waals surface area contributed by atoms with Crippen LogP contribution in [-0.4, -0.2) is 16.8 Å². The van der Waals surface area contributed by atoms with Crippen LogP contribution in [0.25, 0.3) is 6.08 Å². The molecule has 0 aliphatic carbocycles. The molecule has 0 bridgehead atoms. The number of nitrogens with zero attached hydrogens (tertiary/aromatic N) is 2. The van der Waals surface area contributed by atoms with E-state index in [2.05, 4.69) is 10.3 Å². The molecule has 0 aliphatic heterocycles. The Bertz CT molecular complexity index is 1030. The average Bonchev–Trinajstić information content (AvgIpc) is 3.12. The van der Waals surface area contributed by atoms with E-state index >= 15 is 0 Å². The molecule has 2 amide bonds.